The first-order valence-electron chi connectivity index (χ1n) is 24.3. The van der Waals surface area contributed by atoms with E-state index in [2.05, 4.69) is 63.8 Å². The minimum Gasteiger partial charge on any atom is -0.507 e. The summed E-state index contributed by atoms with van der Waals surface area (Å²) in [5.74, 6) is 1.33. The number of piperidine rings is 1. The predicted octanol–water partition coefficient (Wildman–Crippen LogP) is 6.61. The smallest absolute Gasteiger partial charge is 0.410 e. The number of ether oxygens (including phenoxy) is 3. The van der Waals surface area contributed by atoms with Crippen LogP contribution >= 0.6 is 0 Å². The molecule has 2 amide bonds. The molecule has 1 spiro atoms. The summed E-state index contributed by atoms with van der Waals surface area (Å²) in [6.07, 6.45) is 13.2. The van der Waals surface area contributed by atoms with E-state index in [1.165, 1.54) is 11.1 Å². The number of phenolic OH excluding ortho intramolecular Hbond substituents is 1. The molecule has 358 valence electrons. The number of aromatic amines is 1. The third kappa shape index (κ3) is 11.8. The molecule has 1 atom stereocenters. The van der Waals surface area contributed by atoms with Gasteiger partial charge in [-0.2, -0.15) is 0 Å². The van der Waals surface area contributed by atoms with Gasteiger partial charge in [0.2, 0.25) is 11.9 Å². The summed E-state index contributed by atoms with van der Waals surface area (Å²) in [6.45, 7) is 13.9. The number of likely N-dealkylation sites (tertiary alicyclic amines) is 2. The lowest BCUT2D eigenvalue weighted by Gasteiger charge is -2.61. The van der Waals surface area contributed by atoms with Crippen molar-refractivity contribution in [3.05, 3.63) is 59.5 Å². The highest BCUT2D eigenvalue weighted by atomic mass is 16.6. The molecule has 0 unspecified atom stereocenters. The van der Waals surface area contributed by atoms with E-state index in [1.807, 2.05) is 43.9 Å². The Morgan fingerprint density at radius 1 is 0.939 bits per heavy atom. The molecule has 0 bridgehead atoms. The van der Waals surface area contributed by atoms with Crippen LogP contribution in [0.1, 0.15) is 107 Å². The molecule has 3 aromatic heterocycles. The first-order chi connectivity index (χ1) is 31.6. The summed E-state index contributed by atoms with van der Waals surface area (Å²) >= 11 is 0. The lowest BCUT2D eigenvalue weighted by atomic mass is 9.60. The third-order valence-electron chi connectivity index (χ3n) is 13.9. The van der Waals surface area contributed by atoms with E-state index >= 15 is 0 Å². The van der Waals surface area contributed by atoms with E-state index in [1.54, 1.807) is 12.1 Å². The normalized spacial score (nSPS) is 19.2. The lowest BCUT2D eigenvalue weighted by molar-refractivity contribution is -0.870. The number of likely N-dealkylation sites (N-methyl/N-ethyl adjacent to an activating group) is 1. The molecule has 4 aliphatic rings. The quantitative estimate of drug-likeness (QED) is 0.0681. The van der Waals surface area contributed by atoms with Crippen LogP contribution in [0, 0.1) is 5.41 Å². The van der Waals surface area contributed by atoms with Gasteiger partial charge >= 0.3 is 6.09 Å². The van der Waals surface area contributed by atoms with Gasteiger partial charge in [0.15, 0.2) is 5.65 Å². The van der Waals surface area contributed by atoms with Gasteiger partial charge in [-0.15, -0.1) is 10.2 Å². The largest absolute Gasteiger partial charge is 0.507 e. The minimum atomic E-state index is -0.463. The maximum absolute atomic E-state index is 12.5. The number of carbonyl (C=O) groups excluding carboxylic acids is 2. The van der Waals surface area contributed by atoms with Gasteiger partial charge in [-0.25, -0.2) is 14.8 Å². The number of phenols is 1. The molecule has 0 radical (unpaired) electrons. The number of H-pyrrole nitrogens is 1. The van der Waals surface area contributed by atoms with Crippen LogP contribution < -0.4 is 10.2 Å². The fraction of sp³-hybridized carbons (Fsp3) is 0.640. The molecular weight excluding hydrogens is 837 g/mol. The molecule has 16 heteroatoms. The van der Waals surface area contributed by atoms with Crippen LogP contribution in [0.3, 0.4) is 0 Å². The summed E-state index contributed by atoms with van der Waals surface area (Å²) in [6, 6.07) is 9.88. The Hall–Kier alpha value is -4.90. The predicted molar refractivity (Wildman–Crippen MR) is 254 cm³/mol. The number of unbranched alkanes of at least 4 members (excludes halogenated alkanes) is 2. The molecule has 16 nitrogen and oxygen atoms in total. The van der Waals surface area contributed by atoms with E-state index in [9.17, 15) is 14.7 Å². The van der Waals surface area contributed by atoms with Crippen LogP contribution in [-0.2, 0) is 25.4 Å². The fourth-order valence-electron chi connectivity index (χ4n) is 10.3. The van der Waals surface area contributed by atoms with E-state index in [0.717, 1.165) is 124 Å². The zero-order chi connectivity index (χ0) is 46.5. The molecule has 66 heavy (non-hydrogen) atoms. The maximum atomic E-state index is 12.5. The number of nitrogens with zero attached hydrogens (tertiary/aromatic N) is 8. The van der Waals surface area contributed by atoms with Gasteiger partial charge in [-0.3, -0.25) is 4.79 Å². The van der Waals surface area contributed by atoms with Gasteiger partial charge in [0.25, 0.3) is 0 Å². The number of amides is 2. The molecule has 3 N–H and O–H groups in total. The Morgan fingerprint density at radius 3 is 2.38 bits per heavy atom. The number of fused-ring (bicyclic) bond motifs is 3. The summed E-state index contributed by atoms with van der Waals surface area (Å²) in [5.41, 5.74) is 5.36. The molecule has 6 heterocycles. The molecule has 4 aromatic rings. The Balaban J connectivity index is 0.851. The van der Waals surface area contributed by atoms with Gasteiger partial charge < -0.3 is 48.8 Å². The minimum absolute atomic E-state index is 0.00101. The second kappa shape index (κ2) is 20.5. The SMILES string of the molecule is CC(C)(C)OC(=O)N1CC2(CC(N3CCC(c4cnc(N5CCc6[nH]c7nnc(-c8ccccc8O)cc7c6[C@@H]5CCCCCNC(=O)CCOCCOCC[N+](C)(C)C)nc4)CC3)C2)C1. The van der Waals surface area contributed by atoms with Crippen molar-refractivity contribution in [3.8, 4) is 17.0 Å². The highest BCUT2D eigenvalue weighted by Crippen LogP contribution is 2.51. The Bertz CT molecular complexity index is 2250. The number of para-hydroxylation sites is 1. The molecule has 1 aromatic carbocycles. The van der Waals surface area contributed by atoms with Gasteiger partial charge in [-0.1, -0.05) is 25.0 Å². The molecule has 3 aliphatic heterocycles. The summed E-state index contributed by atoms with van der Waals surface area (Å²) in [5, 5.41) is 23.9. The number of carbonyl (C=O) groups is 2. The summed E-state index contributed by atoms with van der Waals surface area (Å²) < 4.78 is 17.7. The second-order valence-corrected chi connectivity index (χ2v) is 21.2. The lowest BCUT2D eigenvalue weighted by Crippen LogP contribution is -2.68. The second-order valence-electron chi connectivity index (χ2n) is 21.2. The van der Waals surface area contributed by atoms with E-state index in [0.29, 0.717) is 62.6 Å². The highest BCUT2D eigenvalue weighted by molar-refractivity contribution is 5.86. The number of benzene rings is 1. The van der Waals surface area contributed by atoms with E-state index in [-0.39, 0.29) is 29.2 Å². The number of rotatable bonds is 19. The number of quaternary nitrogens is 1. The number of hydrogen-bond donors (Lipinski definition) is 3. The molecule has 2 saturated heterocycles. The van der Waals surface area contributed by atoms with Crippen molar-refractivity contribution < 1.29 is 33.4 Å². The van der Waals surface area contributed by atoms with Crippen LogP contribution in [0.25, 0.3) is 22.3 Å². The first-order valence-corrected chi connectivity index (χ1v) is 24.3. The highest BCUT2D eigenvalue weighted by Gasteiger charge is 2.55. The zero-order valence-corrected chi connectivity index (χ0v) is 40.2. The Kier molecular flexibility index (Phi) is 14.8. The monoisotopic (exact) mass is 910 g/mol. The number of aromatic hydroxyl groups is 1. The Morgan fingerprint density at radius 2 is 1.67 bits per heavy atom. The van der Waals surface area contributed by atoms with Crippen molar-refractivity contribution in [1.82, 2.24) is 40.3 Å². The van der Waals surface area contributed by atoms with Gasteiger partial charge in [-0.05, 0) is 102 Å². The topological polar surface area (TPSA) is 171 Å². The van der Waals surface area contributed by atoms with Gasteiger partial charge in [0, 0.05) is 85.1 Å². The van der Waals surface area contributed by atoms with E-state index < -0.39 is 5.60 Å². The van der Waals surface area contributed by atoms with Crippen LogP contribution in [0.15, 0.2) is 42.7 Å². The first kappa shape index (κ1) is 47.6. The molecule has 1 saturated carbocycles. The van der Waals surface area contributed by atoms with Gasteiger partial charge in [0.05, 0.1) is 59.3 Å². The zero-order valence-electron chi connectivity index (χ0n) is 40.2. The summed E-state index contributed by atoms with van der Waals surface area (Å²) in [4.78, 5) is 45.6. The van der Waals surface area contributed by atoms with Crippen LogP contribution in [-0.4, -0.2) is 162 Å². The van der Waals surface area contributed by atoms with Crippen molar-refractivity contribution in [1.29, 1.82) is 0 Å². The number of aromatic nitrogens is 5. The van der Waals surface area contributed by atoms with Crippen molar-refractivity contribution in [2.24, 2.45) is 5.41 Å². The number of nitrogens with one attached hydrogen (secondary N) is 2. The molecular formula is C50H73N10O6+. The van der Waals surface area contributed by atoms with Crippen LogP contribution in [0.5, 0.6) is 5.75 Å². The van der Waals surface area contributed by atoms with E-state index in [4.69, 9.17) is 24.2 Å². The van der Waals surface area contributed by atoms with Crippen molar-refractivity contribution in [2.75, 3.05) is 98.3 Å². The van der Waals surface area contributed by atoms with Crippen molar-refractivity contribution in [3.63, 3.8) is 0 Å². The number of hydrogen-bond acceptors (Lipinski definition) is 12. The average molecular weight is 910 g/mol. The molecule has 8 rings (SSSR count). The fourth-order valence-corrected chi connectivity index (χ4v) is 10.3. The van der Waals surface area contributed by atoms with Crippen LogP contribution in [0.2, 0.25) is 0 Å². The molecule has 3 fully saturated rings. The molecule has 1 aliphatic carbocycles. The third-order valence-corrected chi connectivity index (χ3v) is 13.9. The van der Waals surface area contributed by atoms with Crippen molar-refractivity contribution in [2.45, 2.75) is 109 Å². The maximum Gasteiger partial charge on any atom is 0.410 e. The Labute approximate surface area is 390 Å². The van der Waals surface area contributed by atoms with Crippen molar-refractivity contribution >= 4 is 29.0 Å². The van der Waals surface area contributed by atoms with Gasteiger partial charge in [0.1, 0.15) is 17.9 Å². The number of anilines is 1. The summed E-state index contributed by atoms with van der Waals surface area (Å²) in [7, 11) is 6.41. The standard InChI is InChI=1S/C50H72N10O6/c1-49(2,3)66-48(63)58-33-50(34-58)29-37(30-50)57-20-15-35(16-21-57)36-31-52-47(53-32-36)59-22-17-40-45(39-28-41(55-56-46(39)54-40)38-12-9-10-14-43(38)61)42(59)13-8-7-11-19-51-44(62)18-24-64-26-27-65-25-23-60(4,5)6/h9-10,12,14,28,31-32,35,37,42H,7-8,11,13,15-27,29-30,33-34H2,1-6H3,(H2-,51,54,55,56,61,62)/p+1/t42-/m0/s1. The van der Waals surface area contributed by atoms with Crippen LogP contribution in [0.4, 0.5) is 10.7 Å². The average Bonchev–Trinajstić information content (AvgIpc) is 3.62.